The molecule has 0 atom stereocenters. The van der Waals surface area contributed by atoms with E-state index in [4.69, 9.17) is 4.74 Å². The van der Waals surface area contributed by atoms with Crippen molar-refractivity contribution in [2.75, 3.05) is 7.11 Å². The summed E-state index contributed by atoms with van der Waals surface area (Å²) in [4.78, 5) is 23.6. The maximum absolute atomic E-state index is 11.9. The SMILES string of the molecule is COC(=O)/C=C/c1ccc2ccccc2c1-c1c(C=O)ccc2ccccc12. The number of esters is 1. The topological polar surface area (TPSA) is 43.4 Å². The number of carbonyl (C=O) groups is 2. The normalized spacial score (nSPS) is 11.2. The predicted octanol–water partition coefficient (Wildman–Crippen LogP) is 5.66. The lowest BCUT2D eigenvalue weighted by Gasteiger charge is -2.16. The summed E-state index contributed by atoms with van der Waals surface area (Å²) in [5.41, 5.74) is 3.26. The van der Waals surface area contributed by atoms with Gasteiger partial charge in [0, 0.05) is 17.2 Å². The zero-order valence-electron chi connectivity index (χ0n) is 15.4. The second-order valence-electron chi connectivity index (χ2n) is 6.48. The average Bonchev–Trinajstić information content (AvgIpc) is 2.76. The number of rotatable bonds is 4. The number of hydrogen-bond donors (Lipinski definition) is 0. The summed E-state index contributed by atoms with van der Waals surface area (Å²) < 4.78 is 4.74. The lowest BCUT2D eigenvalue weighted by molar-refractivity contribution is -0.134. The highest BCUT2D eigenvalue weighted by atomic mass is 16.5. The molecule has 0 aromatic heterocycles. The summed E-state index contributed by atoms with van der Waals surface area (Å²) >= 11 is 0. The van der Waals surface area contributed by atoms with Gasteiger partial charge in [-0.15, -0.1) is 0 Å². The maximum Gasteiger partial charge on any atom is 0.330 e. The van der Waals surface area contributed by atoms with Gasteiger partial charge in [0.15, 0.2) is 6.29 Å². The molecule has 0 fully saturated rings. The van der Waals surface area contributed by atoms with Gasteiger partial charge in [-0.2, -0.15) is 0 Å². The molecule has 0 unspecified atom stereocenters. The summed E-state index contributed by atoms with van der Waals surface area (Å²) in [7, 11) is 1.35. The van der Waals surface area contributed by atoms with E-state index in [1.54, 1.807) is 6.08 Å². The van der Waals surface area contributed by atoms with Gasteiger partial charge in [-0.25, -0.2) is 4.79 Å². The number of methoxy groups -OCH3 is 1. The van der Waals surface area contributed by atoms with Crippen LogP contribution in [0.15, 0.2) is 78.9 Å². The van der Waals surface area contributed by atoms with E-state index in [9.17, 15) is 9.59 Å². The van der Waals surface area contributed by atoms with Crippen LogP contribution in [0.5, 0.6) is 0 Å². The number of aldehydes is 1. The molecular weight excluding hydrogens is 348 g/mol. The smallest absolute Gasteiger partial charge is 0.330 e. The Morgan fingerprint density at radius 1 is 0.750 bits per heavy atom. The highest BCUT2D eigenvalue weighted by Crippen LogP contribution is 2.39. The molecule has 0 bridgehead atoms. The molecule has 4 aromatic rings. The molecule has 0 saturated heterocycles. The summed E-state index contributed by atoms with van der Waals surface area (Å²) in [6.07, 6.45) is 4.03. The fourth-order valence-electron chi connectivity index (χ4n) is 3.60. The maximum atomic E-state index is 11.9. The van der Waals surface area contributed by atoms with Crippen LogP contribution in [0.4, 0.5) is 0 Å². The third kappa shape index (κ3) is 3.08. The van der Waals surface area contributed by atoms with Gasteiger partial charge in [-0.3, -0.25) is 4.79 Å². The fraction of sp³-hybridized carbons (Fsp3) is 0.0400. The molecule has 4 rings (SSSR count). The van der Waals surface area contributed by atoms with E-state index < -0.39 is 5.97 Å². The van der Waals surface area contributed by atoms with Crippen LogP contribution in [0, 0.1) is 0 Å². The Bertz CT molecular complexity index is 1240. The Morgan fingerprint density at radius 2 is 1.29 bits per heavy atom. The van der Waals surface area contributed by atoms with Crippen LogP contribution in [-0.2, 0) is 9.53 Å². The van der Waals surface area contributed by atoms with Crippen LogP contribution >= 0.6 is 0 Å². The average molecular weight is 366 g/mol. The first-order chi connectivity index (χ1) is 13.7. The van der Waals surface area contributed by atoms with E-state index in [-0.39, 0.29) is 0 Å². The molecule has 3 heteroatoms. The second kappa shape index (κ2) is 7.49. The summed E-state index contributed by atoms with van der Waals surface area (Å²) in [6.45, 7) is 0. The van der Waals surface area contributed by atoms with Crippen LogP contribution in [0.3, 0.4) is 0 Å². The molecular formula is C25H18O3. The fourth-order valence-corrected chi connectivity index (χ4v) is 3.60. The molecule has 28 heavy (non-hydrogen) atoms. The first-order valence-corrected chi connectivity index (χ1v) is 8.98. The summed E-state index contributed by atoms with van der Waals surface area (Å²) in [5, 5.41) is 4.14. The predicted molar refractivity (Wildman–Crippen MR) is 113 cm³/mol. The number of fused-ring (bicyclic) bond motifs is 2. The number of hydrogen-bond acceptors (Lipinski definition) is 3. The number of benzene rings is 4. The molecule has 0 heterocycles. The van der Waals surface area contributed by atoms with Crippen molar-refractivity contribution in [3.63, 3.8) is 0 Å². The van der Waals surface area contributed by atoms with Crippen molar-refractivity contribution in [1.29, 1.82) is 0 Å². The van der Waals surface area contributed by atoms with E-state index >= 15 is 0 Å². The molecule has 0 spiro atoms. The van der Waals surface area contributed by atoms with E-state index in [1.165, 1.54) is 13.2 Å². The van der Waals surface area contributed by atoms with Gasteiger partial charge < -0.3 is 4.74 Å². The lowest BCUT2D eigenvalue weighted by Crippen LogP contribution is -1.96. The quantitative estimate of drug-likeness (QED) is 0.266. The molecule has 4 aromatic carbocycles. The zero-order chi connectivity index (χ0) is 19.5. The monoisotopic (exact) mass is 366 g/mol. The minimum atomic E-state index is -0.423. The van der Waals surface area contributed by atoms with Crippen molar-refractivity contribution in [1.82, 2.24) is 0 Å². The Labute approximate surface area is 162 Å². The van der Waals surface area contributed by atoms with E-state index in [0.717, 1.165) is 44.5 Å². The van der Waals surface area contributed by atoms with Gasteiger partial charge in [-0.1, -0.05) is 72.8 Å². The molecule has 0 radical (unpaired) electrons. The number of ether oxygens (including phenoxy) is 1. The van der Waals surface area contributed by atoms with Crippen LogP contribution in [0.2, 0.25) is 0 Å². The van der Waals surface area contributed by atoms with Gasteiger partial charge in [0.1, 0.15) is 0 Å². The van der Waals surface area contributed by atoms with Crippen molar-refractivity contribution in [2.45, 2.75) is 0 Å². The molecule has 0 N–H and O–H groups in total. The minimum Gasteiger partial charge on any atom is -0.466 e. The van der Waals surface area contributed by atoms with Crippen molar-refractivity contribution in [3.8, 4) is 11.1 Å². The van der Waals surface area contributed by atoms with Gasteiger partial charge in [0.25, 0.3) is 0 Å². The largest absolute Gasteiger partial charge is 0.466 e. The van der Waals surface area contributed by atoms with Gasteiger partial charge >= 0.3 is 5.97 Å². The Balaban J connectivity index is 2.13. The third-order valence-electron chi connectivity index (χ3n) is 4.90. The standard InChI is InChI=1S/C25H18O3/c1-28-23(27)15-14-19-12-10-17-6-2-4-8-21(17)24(19)25-20(16-26)13-11-18-7-3-5-9-22(18)25/h2-16H,1H3/b15-14+. The van der Waals surface area contributed by atoms with Crippen molar-refractivity contribution >= 4 is 39.9 Å². The zero-order valence-corrected chi connectivity index (χ0v) is 15.4. The van der Waals surface area contributed by atoms with Crippen LogP contribution < -0.4 is 0 Å². The lowest BCUT2D eigenvalue weighted by atomic mass is 9.87. The van der Waals surface area contributed by atoms with E-state index in [0.29, 0.717) is 5.56 Å². The van der Waals surface area contributed by atoms with Crippen LogP contribution in [0.25, 0.3) is 38.7 Å². The molecule has 136 valence electrons. The first kappa shape index (κ1) is 17.7. The van der Waals surface area contributed by atoms with Crippen LogP contribution in [-0.4, -0.2) is 19.4 Å². The van der Waals surface area contributed by atoms with Crippen molar-refractivity contribution in [2.24, 2.45) is 0 Å². The van der Waals surface area contributed by atoms with Gasteiger partial charge in [0.05, 0.1) is 7.11 Å². The van der Waals surface area contributed by atoms with Gasteiger partial charge in [0.2, 0.25) is 0 Å². The Morgan fingerprint density at radius 3 is 1.86 bits per heavy atom. The molecule has 0 aliphatic rings. The van der Waals surface area contributed by atoms with Crippen molar-refractivity contribution < 1.29 is 14.3 Å². The highest BCUT2D eigenvalue weighted by Gasteiger charge is 2.15. The summed E-state index contributed by atoms with van der Waals surface area (Å²) in [5.74, 6) is -0.423. The Kier molecular flexibility index (Phi) is 4.73. The summed E-state index contributed by atoms with van der Waals surface area (Å²) in [6, 6.07) is 23.8. The third-order valence-corrected chi connectivity index (χ3v) is 4.90. The number of carbonyl (C=O) groups excluding carboxylic acids is 2. The van der Waals surface area contributed by atoms with Crippen molar-refractivity contribution in [3.05, 3.63) is 90.0 Å². The first-order valence-electron chi connectivity index (χ1n) is 8.98. The van der Waals surface area contributed by atoms with Crippen LogP contribution in [0.1, 0.15) is 15.9 Å². The van der Waals surface area contributed by atoms with E-state index in [2.05, 4.69) is 0 Å². The second-order valence-corrected chi connectivity index (χ2v) is 6.48. The molecule has 3 nitrogen and oxygen atoms in total. The van der Waals surface area contributed by atoms with Gasteiger partial charge in [-0.05, 0) is 38.7 Å². The molecule has 0 aliphatic heterocycles. The molecule has 0 amide bonds. The minimum absolute atomic E-state index is 0.423. The highest BCUT2D eigenvalue weighted by molar-refractivity contribution is 6.12. The Hall–Kier alpha value is -3.72. The molecule has 0 aliphatic carbocycles. The molecule has 0 saturated carbocycles. The van der Waals surface area contributed by atoms with E-state index in [1.807, 2.05) is 72.8 Å².